The van der Waals surface area contributed by atoms with Crippen LogP contribution in [0.5, 0.6) is 0 Å². The number of amides is 1. The van der Waals surface area contributed by atoms with Crippen LogP contribution in [0.2, 0.25) is 0 Å². The molecule has 1 aromatic carbocycles. The van der Waals surface area contributed by atoms with E-state index in [1.54, 1.807) is 0 Å². The molecule has 0 heterocycles. The van der Waals surface area contributed by atoms with Crippen molar-refractivity contribution in [2.75, 3.05) is 0 Å². The molecular formula is C13H18N2O3. The van der Waals surface area contributed by atoms with Crippen LogP contribution in [0, 0.1) is 13.8 Å². The minimum absolute atomic E-state index is 0.208. The Balaban J connectivity index is 2.47. The highest BCUT2D eigenvalue weighted by atomic mass is 16.4. The molecule has 1 aromatic rings. The highest BCUT2D eigenvalue weighted by Gasteiger charge is 2.15. The van der Waals surface area contributed by atoms with Crippen molar-refractivity contribution >= 4 is 11.9 Å². The van der Waals surface area contributed by atoms with Crippen molar-refractivity contribution in [2.24, 2.45) is 5.73 Å². The Bertz CT molecular complexity index is 458. The van der Waals surface area contributed by atoms with E-state index in [4.69, 9.17) is 10.8 Å². The number of nitrogens with one attached hydrogen (secondary N) is 1. The van der Waals surface area contributed by atoms with Gasteiger partial charge in [-0.1, -0.05) is 18.2 Å². The van der Waals surface area contributed by atoms with E-state index in [9.17, 15) is 9.59 Å². The van der Waals surface area contributed by atoms with E-state index in [2.05, 4.69) is 5.32 Å². The molecule has 5 nitrogen and oxygen atoms in total. The Morgan fingerprint density at radius 3 is 2.56 bits per heavy atom. The molecule has 0 aliphatic carbocycles. The molecule has 0 radical (unpaired) electrons. The maximum Gasteiger partial charge on any atom is 0.321 e. The van der Waals surface area contributed by atoms with Crippen LogP contribution >= 0.6 is 0 Å². The summed E-state index contributed by atoms with van der Waals surface area (Å²) in [5.74, 6) is -1.53. The van der Waals surface area contributed by atoms with Gasteiger partial charge in [0.2, 0.25) is 5.91 Å². The summed E-state index contributed by atoms with van der Waals surface area (Å²) >= 11 is 0. The summed E-state index contributed by atoms with van der Waals surface area (Å²) in [4.78, 5) is 21.9. The first-order valence-corrected chi connectivity index (χ1v) is 5.71. The first kappa shape index (κ1) is 14.2. The van der Waals surface area contributed by atoms with Crippen molar-refractivity contribution in [2.45, 2.75) is 32.9 Å². The number of rotatable bonds is 5. The number of hydrogen-bond donors (Lipinski definition) is 3. The van der Waals surface area contributed by atoms with Gasteiger partial charge in [-0.15, -0.1) is 0 Å². The highest BCUT2D eigenvalue weighted by molar-refractivity contribution is 5.84. The average Bonchev–Trinajstić information content (AvgIpc) is 2.30. The van der Waals surface area contributed by atoms with E-state index in [0.29, 0.717) is 6.54 Å². The van der Waals surface area contributed by atoms with E-state index >= 15 is 0 Å². The molecule has 0 fully saturated rings. The van der Waals surface area contributed by atoms with Crippen molar-refractivity contribution in [1.29, 1.82) is 0 Å². The second-order valence-corrected chi connectivity index (χ2v) is 4.34. The number of aliphatic carboxylic acids is 1. The van der Waals surface area contributed by atoms with Crippen molar-refractivity contribution in [3.63, 3.8) is 0 Å². The number of carboxylic acids is 1. The number of carboxylic acid groups (broad SMARTS) is 1. The second-order valence-electron chi connectivity index (χ2n) is 4.34. The number of nitrogens with two attached hydrogens (primary N) is 1. The first-order chi connectivity index (χ1) is 8.40. The molecule has 5 heteroatoms. The molecule has 0 spiro atoms. The number of hydrogen-bond acceptors (Lipinski definition) is 3. The van der Waals surface area contributed by atoms with Crippen molar-refractivity contribution in [3.8, 4) is 0 Å². The summed E-state index contributed by atoms with van der Waals surface area (Å²) in [6.45, 7) is 4.40. The van der Waals surface area contributed by atoms with Gasteiger partial charge in [-0.25, -0.2) is 0 Å². The van der Waals surface area contributed by atoms with Crippen molar-refractivity contribution in [1.82, 2.24) is 5.32 Å². The standard InChI is InChI=1S/C13H18N2O3/c1-8-3-4-10(5-9(8)2)7-15-12(16)6-11(14)13(17)18/h3-5,11H,6-7,14H2,1-2H3,(H,15,16)(H,17,18). The Morgan fingerprint density at radius 2 is 2.00 bits per heavy atom. The minimum atomic E-state index is -1.17. The molecule has 1 rings (SSSR count). The van der Waals surface area contributed by atoms with Gasteiger partial charge in [0.15, 0.2) is 0 Å². The third-order valence-electron chi connectivity index (χ3n) is 2.78. The molecule has 4 N–H and O–H groups in total. The monoisotopic (exact) mass is 250 g/mol. The number of aryl methyl sites for hydroxylation is 2. The quantitative estimate of drug-likeness (QED) is 0.718. The Kier molecular flexibility index (Phi) is 4.85. The van der Waals surface area contributed by atoms with Crippen LogP contribution in [0.3, 0.4) is 0 Å². The summed E-state index contributed by atoms with van der Waals surface area (Å²) in [5, 5.41) is 11.2. The molecule has 0 saturated heterocycles. The topological polar surface area (TPSA) is 92.4 Å². The number of carbonyl (C=O) groups excluding carboxylic acids is 1. The lowest BCUT2D eigenvalue weighted by Crippen LogP contribution is -2.36. The molecule has 0 aliphatic heterocycles. The van der Waals surface area contributed by atoms with Crippen LogP contribution < -0.4 is 11.1 Å². The molecule has 0 saturated carbocycles. The van der Waals surface area contributed by atoms with E-state index in [1.165, 1.54) is 5.56 Å². The molecule has 1 unspecified atom stereocenters. The maximum atomic E-state index is 11.4. The van der Waals surface area contributed by atoms with E-state index in [-0.39, 0.29) is 12.3 Å². The SMILES string of the molecule is Cc1ccc(CNC(=O)CC(N)C(=O)O)cc1C. The zero-order valence-corrected chi connectivity index (χ0v) is 10.6. The smallest absolute Gasteiger partial charge is 0.321 e. The summed E-state index contributed by atoms with van der Waals surface area (Å²) in [7, 11) is 0. The van der Waals surface area contributed by atoms with Crippen LogP contribution in [-0.4, -0.2) is 23.0 Å². The Hall–Kier alpha value is -1.88. The van der Waals surface area contributed by atoms with Gasteiger partial charge in [0, 0.05) is 6.54 Å². The summed E-state index contributed by atoms with van der Waals surface area (Å²) in [6.07, 6.45) is -0.208. The van der Waals surface area contributed by atoms with Gasteiger partial charge in [0.25, 0.3) is 0 Å². The number of benzene rings is 1. The summed E-state index contributed by atoms with van der Waals surface area (Å²) in [6, 6.07) is 4.76. The van der Waals surface area contributed by atoms with Gasteiger partial charge < -0.3 is 16.2 Å². The van der Waals surface area contributed by atoms with Gasteiger partial charge in [-0.2, -0.15) is 0 Å². The predicted molar refractivity (Wildman–Crippen MR) is 68.0 cm³/mol. The van der Waals surface area contributed by atoms with Gasteiger partial charge in [0.05, 0.1) is 6.42 Å². The normalized spacial score (nSPS) is 11.9. The zero-order chi connectivity index (χ0) is 13.7. The largest absolute Gasteiger partial charge is 0.480 e. The molecule has 0 bridgehead atoms. The lowest BCUT2D eigenvalue weighted by Gasteiger charge is -2.09. The van der Waals surface area contributed by atoms with Crippen LogP contribution in [0.4, 0.5) is 0 Å². The van der Waals surface area contributed by atoms with Crippen molar-refractivity contribution < 1.29 is 14.7 Å². The third-order valence-corrected chi connectivity index (χ3v) is 2.78. The lowest BCUT2D eigenvalue weighted by molar-refractivity contribution is -0.140. The summed E-state index contributed by atoms with van der Waals surface area (Å²) < 4.78 is 0. The highest BCUT2D eigenvalue weighted by Crippen LogP contribution is 2.09. The molecule has 0 aromatic heterocycles. The zero-order valence-electron chi connectivity index (χ0n) is 10.6. The molecule has 1 atom stereocenters. The van der Waals surface area contributed by atoms with Crippen molar-refractivity contribution in [3.05, 3.63) is 34.9 Å². The predicted octanol–water partition coefficient (Wildman–Crippen LogP) is 0.722. The van der Waals surface area contributed by atoms with Gasteiger partial charge in [-0.3, -0.25) is 9.59 Å². The molecule has 0 aliphatic rings. The third kappa shape index (κ3) is 4.18. The molecule has 1 amide bonds. The molecular weight excluding hydrogens is 232 g/mol. The molecule has 98 valence electrons. The summed E-state index contributed by atoms with van der Waals surface area (Å²) in [5.41, 5.74) is 8.60. The second kappa shape index (κ2) is 6.16. The fourth-order valence-corrected chi connectivity index (χ4v) is 1.47. The van der Waals surface area contributed by atoms with Crippen LogP contribution in [0.15, 0.2) is 18.2 Å². The Morgan fingerprint density at radius 1 is 1.33 bits per heavy atom. The fraction of sp³-hybridized carbons (Fsp3) is 0.385. The minimum Gasteiger partial charge on any atom is -0.480 e. The maximum absolute atomic E-state index is 11.4. The van der Waals surface area contributed by atoms with E-state index in [0.717, 1.165) is 11.1 Å². The lowest BCUT2D eigenvalue weighted by atomic mass is 10.1. The van der Waals surface area contributed by atoms with Crippen LogP contribution in [-0.2, 0) is 16.1 Å². The molecule has 18 heavy (non-hydrogen) atoms. The van der Waals surface area contributed by atoms with E-state index < -0.39 is 12.0 Å². The van der Waals surface area contributed by atoms with Gasteiger partial charge in [0.1, 0.15) is 6.04 Å². The van der Waals surface area contributed by atoms with Crippen LogP contribution in [0.25, 0.3) is 0 Å². The fourth-order valence-electron chi connectivity index (χ4n) is 1.47. The number of carbonyl (C=O) groups is 2. The van der Waals surface area contributed by atoms with Crippen LogP contribution in [0.1, 0.15) is 23.1 Å². The first-order valence-electron chi connectivity index (χ1n) is 5.71. The Labute approximate surface area is 106 Å². The van der Waals surface area contributed by atoms with Gasteiger partial charge in [-0.05, 0) is 30.5 Å². The average molecular weight is 250 g/mol. The van der Waals surface area contributed by atoms with Gasteiger partial charge >= 0.3 is 5.97 Å². The van der Waals surface area contributed by atoms with E-state index in [1.807, 2.05) is 32.0 Å².